The Kier molecular flexibility index (Phi) is 11.8. The van der Waals surface area contributed by atoms with E-state index in [1.807, 2.05) is 72.8 Å². The van der Waals surface area contributed by atoms with Crippen LogP contribution in [-0.2, 0) is 19.4 Å². The van der Waals surface area contributed by atoms with Gasteiger partial charge in [-0.3, -0.25) is 0 Å². The molecular weight excluding hydrogens is 532 g/mol. The summed E-state index contributed by atoms with van der Waals surface area (Å²) in [4.78, 5) is 0. The molecule has 4 unspecified atom stereocenters. The molecule has 0 spiro atoms. The molecule has 0 aromatic heterocycles. The van der Waals surface area contributed by atoms with Crippen LogP contribution in [0.3, 0.4) is 0 Å². The zero-order valence-corrected chi connectivity index (χ0v) is 24.6. The predicted molar refractivity (Wildman–Crippen MR) is 167 cm³/mol. The van der Waals surface area contributed by atoms with Gasteiger partial charge in [-0.2, -0.15) is 0 Å². The van der Waals surface area contributed by atoms with E-state index < -0.39 is 12.2 Å². The van der Waals surface area contributed by atoms with Crippen molar-refractivity contribution in [2.24, 2.45) is 0 Å². The number of rotatable bonds is 15. The summed E-state index contributed by atoms with van der Waals surface area (Å²) in [6, 6.07) is 34.2. The maximum absolute atomic E-state index is 10.7. The minimum atomic E-state index is -0.593. The molecule has 4 rings (SSSR count). The summed E-state index contributed by atoms with van der Waals surface area (Å²) < 4.78 is 5.85. The topological polar surface area (TPSA) is 73.8 Å². The number of nitrogens with one attached hydrogen (secondary N) is 2. The lowest BCUT2D eigenvalue weighted by molar-refractivity contribution is 0.170. The van der Waals surface area contributed by atoms with Crippen LogP contribution in [-0.4, -0.2) is 35.4 Å². The van der Waals surface area contributed by atoms with Gasteiger partial charge in [0.05, 0.1) is 12.2 Å². The number of aliphatic hydroxyl groups is 2. The van der Waals surface area contributed by atoms with Gasteiger partial charge in [0.15, 0.2) is 0 Å². The van der Waals surface area contributed by atoms with Crippen molar-refractivity contribution in [2.45, 2.75) is 57.6 Å². The fraction of sp³-hybridized carbons (Fsp3) is 0.314. The molecule has 0 radical (unpaired) electrons. The van der Waals surface area contributed by atoms with Gasteiger partial charge in [-0.1, -0.05) is 90.5 Å². The van der Waals surface area contributed by atoms with E-state index in [9.17, 15) is 10.2 Å². The van der Waals surface area contributed by atoms with E-state index >= 15 is 0 Å². The fourth-order valence-corrected chi connectivity index (χ4v) is 4.96. The van der Waals surface area contributed by atoms with Gasteiger partial charge in [-0.15, -0.1) is 0 Å². The summed E-state index contributed by atoms with van der Waals surface area (Å²) >= 11 is 6.04. The Morgan fingerprint density at radius 3 is 1.76 bits per heavy atom. The molecule has 0 heterocycles. The zero-order chi connectivity index (χ0) is 29.0. The Morgan fingerprint density at radius 1 is 0.634 bits per heavy atom. The third kappa shape index (κ3) is 10.3. The van der Waals surface area contributed by atoms with Gasteiger partial charge in [0.1, 0.15) is 12.4 Å². The van der Waals surface area contributed by atoms with Crippen molar-refractivity contribution >= 4 is 11.6 Å². The van der Waals surface area contributed by atoms with Gasteiger partial charge >= 0.3 is 0 Å². The monoisotopic (exact) mass is 572 g/mol. The molecule has 4 aromatic rings. The minimum absolute atomic E-state index is 0.220. The van der Waals surface area contributed by atoms with Crippen molar-refractivity contribution in [1.29, 1.82) is 0 Å². The second-order valence-corrected chi connectivity index (χ2v) is 11.2. The van der Waals surface area contributed by atoms with E-state index in [2.05, 4.69) is 48.7 Å². The minimum Gasteiger partial charge on any atom is -0.489 e. The molecular formula is C35H41ClN2O3. The van der Waals surface area contributed by atoms with Crippen molar-refractivity contribution in [3.8, 4) is 5.75 Å². The van der Waals surface area contributed by atoms with Crippen LogP contribution in [0.4, 0.5) is 0 Å². The number of ether oxygens (including phenoxy) is 1. The first kappa shape index (κ1) is 30.8. The van der Waals surface area contributed by atoms with Crippen LogP contribution in [0.25, 0.3) is 0 Å². The highest BCUT2D eigenvalue weighted by atomic mass is 35.5. The molecule has 0 aliphatic carbocycles. The van der Waals surface area contributed by atoms with Crippen molar-refractivity contribution in [3.05, 3.63) is 136 Å². The van der Waals surface area contributed by atoms with Gasteiger partial charge in [0, 0.05) is 30.2 Å². The quantitative estimate of drug-likeness (QED) is 0.132. The molecule has 41 heavy (non-hydrogen) atoms. The smallest absolute Gasteiger partial charge is 0.119 e. The number of hydrogen-bond donors (Lipinski definition) is 4. The van der Waals surface area contributed by atoms with E-state index in [1.165, 1.54) is 11.1 Å². The van der Waals surface area contributed by atoms with Crippen LogP contribution >= 0.6 is 11.6 Å². The van der Waals surface area contributed by atoms with E-state index in [1.54, 1.807) is 6.07 Å². The lowest BCUT2D eigenvalue weighted by Gasteiger charge is -2.19. The molecule has 6 heteroatoms. The SMILES string of the molecule is CC(Cc1ccc(CC(C)NCC(O)c2cccc(Cl)c2)cc1)NCC(O)c1ccc(OCc2ccccc2)cc1. The summed E-state index contributed by atoms with van der Waals surface area (Å²) in [5.74, 6) is 0.787. The molecule has 0 saturated carbocycles. The van der Waals surface area contributed by atoms with Crippen LogP contribution in [0.1, 0.15) is 53.9 Å². The summed E-state index contributed by atoms with van der Waals surface area (Å²) in [7, 11) is 0. The third-order valence-electron chi connectivity index (χ3n) is 7.17. The van der Waals surface area contributed by atoms with Crippen molar-refractivity contribution in [1.82, 2.24) is 10.6 Å². The van der Waals surface area contributed by atoms with Gasteiger partial charge in [-0.05, 0) is 78.8 Å². The molecule has 216 valence electrons. The molecule has 0 saturated heterocycles. The van der Waals surface area contributed by atoms with Gasteiger partial charge < -0.3 is 25.6 Å². The highest BCUT2D eigenvalue weighted by molar-refractivity contribution is 6.30. The normalized spacial score (nSPS) is 14.3. The lowest BCUT2D eigenvalue weighted by atomic mass is 10.0. The summed E-state index contributed by atoms with van der Waals surface area (Å²) in [6.45, 7) is 5.74. The van der Waals surface area contributed by atoms with Gasteiger partial charge in [0.2, 0.25) is 0 Å². The number of halogens is 1. The predicted octanol–water partition coefficient (Wildman–Crippen LogP) is 6.43. The highest BCUT2D eigenvalue weighted by Gasteiger charge is 2.12. The van der Waals surface area contributed by atoms with Crippen molar-refractivity contribution in [2.75, 3.05) is 13.1 Å². The largest absolute Gasteiger partial charge is 0.489 e. The Hall–Kier alpha value is -3.19. The number of hydrogen-bond acceptors (Lipinski definition) is 5. The van der Waals surface area contributed by atoms with Crippen LogP contribution in [0.2, 0.25) is 5.02 Å². The Balaban J connectivity index is 1.15. The van der Waals surface area contributed by atoms with E-state index in [0.717, 1.165) is 35.3 Å². The van der Waals surface area contributed by atoms with Gasteiger partial charge in [0.25, 0.3) is 0 Å². The first-order valence-electron chi connectivity index (χ1n) is 14.3. The fourth-order valence-electron chi connectivity index (χ4n) is 4.77. The maximum Gasteiger partial charge on any atom is 0.119 e. The summed E-state index contributed by atoms with van der Waals surface area (Å²) in [6.07, 6.45) is 0.566. The van der Waals surface area contributed by atoms with Crippen molar-refractivity contribution < 1.29 is 14.9 Å². The maximum atomic E-state index is 10.7. The molecule has 0 fully saturated rings. The highest BCUT2D eigenvalue weighted by Crippen LogP contribution is 2.20. The van der Waals surface area contributed by atoms with Crippen LogP contribution < -0.4 is 15.4 Å². The molecule has 0 bridgehead atoms. The molecule has 4 N–H and O–H groups in total. The van der Waals surface area contributed by atoms with E-state index in [0.29, 0.717) is 24.7 Å². The Labute approximate surface area is 249 Å². The molecule has 4 aromatic carbocycles. The van der Waals surface area contributed by atoms with E-state index in [-0.39, 0.29) is 12.1 Å². The lowest BCUT2D eigenvalue weighted by Crippen LogP contribution is -2.32. The average molecular weight is 573 g/mol. The molecule has 0 aliphatic heterocycles. The van der Waals surface area contributed by atoms with E-state index in [4.69, 9.17) is 16.3 Å². The van der Waals surface area contributed by atoms with Gasteiger partial charge in [-0.25, -0.2) is 0 Å². The Bertz CT molecular complexity index is 1320. The number of aliphatic hydroxyl groups excluding tert-OH is 2. The second kappa shape index (κ2) is 15.7. The average Bonchev–Trinajstić information content (AvgIpc) is 2.99. The Morgan fingerprint density at radius 2 is 1.20 bits per heavy atom. The first-order valence-corrected chi connectivity index (χ1v) is 14.7. The molecule has 4 atom stereocenters. The molecule has 0 amide bonds. The van der Waals surface area contributed by atoms with Crippen LogP contribution in [0.15, 0.2) is 103 Å². The zero-order valence-electron chi connectivity index (χ0n) is 23.8. The standard InChI is InChI=1S/C35H41ClN2O3/c1-25(37-22-34(39)30-15-17-33(18-16-30)41-24-29-7-4-3-5-8-29)19-27-11-13-28(14-12-27)20-26(2)38-23-35(40)31-9-6-10-32(36)21-31/h3-18,21,25-26,34-35,37-40H,19-20,22-24H2,1-2H3. The van der Waals surface area contributed by atoms with Crippen LogP contribution in [0.5, 0.6) is 5.75 Å². The number of benzene rings is 4. The van der Waals surface area contributed by atoms with Crippen LogP contribution in [0, 0.1) is 0 Å². The summed E-state index contributed by atoms with van der Waals surface area (Å²) in [5, 5.41) is 28.6. The molecule has 5 nitrogen and oxygen atoms in total. The molecule has 0 aliphatic rings. The van der Waals surface area contributed by atoms with Crippen molar-refractivity contribution in [3.63, 3.8) is 0 Å². The summed E-state index contributed by atoms with van der Waals surface area (Å²) in [5.41, 5.74) is 5.30. The first-order chi connectivity index (χ1) is 19.9. The second-order valence-electron chi connectivity index (χ2n) is 10.8. The third-order valence-corrected chi connectivity index (χ3v) is 7.41.